The molecule has 130 valence electrons. The van der Waals surface area contributed by atoms with Gasteiger partial charge in [-0.2, -0.15) is 0 Å². The summed E-state index contributed by atoms with van der Waals surface area (Å²) in [4.78, 5) is 0. The molecule has 0 aliphatic carbocycles. The molecule has 0 saturated carbocycles. The fourth-order valence-corrected chi connectivity index (χ4v) is 19.4. The SMILES string of the molecule is CCC[CH2][Sn]([CH2]CCC)([CH2]CCC)[c]1ccc(C(=N)OC)cc1. The second-order valence-corrected chi connectivity index (χ2v) is 19.9. The third-order valence-electron chi connectivity index (χ3n) is 4.99. The predicted octanol–water partition coefficient (Wildman–Crippen LogP) is 5.71. The van der Waals surface area contributed by atoms with Crippen LogP contribution in [0.1, 0.15) is 64.9 Å². The van der Waals surface area contributed by atoms with Gasteiger partial charge in [0.2, 0.25) is 0 Å². The Kier molecular flexibility index (Phi) is 9.92. The predicted molar refractivity (Wildman–Crippen MR) is 105 cm³/mol. The zero-order chi connectivity index (χ0) is 17.1. The van der Waals surface area contributed by atoms with Gasteiger partial charge in [-0.3, -0.25) is 0 Å². The fraction of sp³-hybridized carbons (Fsp3) is 0.650. The van der Waals surface area contributed by atoms with Crippen LogP contribution in [0.2, 0.25) is 13.3 Å². The van der Waals surface area contributed by atoms with E-state index < -0.39 is 18.4 Å². The standard InChI is InChI=1S/C8H8NO.3C4H9.Sn/c1-10-8(9)7-5-3-2-4-6-7;3*1-3-4-2;/h3-6,9H,1H3;3*1,3-4H2,2H3;. The maximum absolute atomic E-state index is 7.83. The Morgan fingerprint density at radius 3 is 1.65 bits per heavy atom. The van der Waals surface area contributed by atoms with Crippen LogP contribution in [0.15, 0.2) is 24.3 Å². The van der Waals surface area contributed by atoms with Gasteiger partial charge in [0, 0.05) is 0 Å². The van der Waals surface area contributed by atoms with Crippen LogP contribution < -0.4 is 3.58 Å². The Morgan fingerprint density at radius 1 is 0.870 bits per heavy atom. The molecule has 0 saturated heterocycles. The van der Waals surface area contributed by atoms with Crippen molar-refractivity contribution < 1.29 is 4.74 Å². The summed E-state index contributed by atoms with van der Waals surface area (Å²) in [7, 11) is 1.57. The minimum absolute atomic E-state index is 0.271. The van der Waals surface area contributed by atoms with Crippen LogP contribution in [0.25, 0.3) is 0 Å². The molecular formula is C20H35NOSn. The first-order valence-electron chi connectivity index (χ1n) is 9.37. The van der Waals surface area contributed by atoms with Crippen molar-refractivity contribution in [1.29, 1.82) is 5.41 Å². The summed E-state index contributed by atoms with van der Waals surface area (Å²) in [5.41, 5.74) is 0.901. The summed E-state index contributed by atoms with van der Waals surface area (Å²) in [6, 6.07) is 8.88. The normalized spacial score (nSPS) is 11.5. The van der Waals surface area contributed by atoms with Crippen LogP contribution in [0.5, 0.6) is 0 Å². The molecule has 1 aromatic rings. The van der Waals surface area contributed by atoms with Crippen LogP contribution in [-0.4, -0.2) is 31.4 Å². The molecule has 23 heavy (non-hydrogen) atoms. The molecule has 0 aliphatic rings. The van der Waals surface area contributed by atoms with Gasteiger partial charge in [-0.15, -0.1) is 0 Å². The van der Waals surface area contributed by atoms with E-state index >= 15 is 0 Å². The third kappa shape index (κ3) is 6.13. The van der Waals surface area contributed by atoms with Crippen molar-refractivity contribution in [3.63, 3.8) is 0 Å². The van der Waals surface area contributed by atoms with E-state index in [0.29, 0.717) is 0 Å². The van der Waals surface area contributed by atoms with Crippen molar-refractivity contribution in [2.45, 2.75) is 72.6 Å². The summed E-state index contributed by atoms with van der Waals surface area (Å²) >= 11 is -2.30. The van der Waals surface area contributed by atoms with E-state index in [0.717, 1.165) is 5.56 Å². The number of hydrogen-bond donors (Lipinski definition) is 1. The van der Waals surface area contributed by atoms with E-state index in [1.54, 1.807) is 10.7 Å². The second kappa shape index (κ2) is 11.1. The molecule has 1 aromatic carbocycles. The monoisotopic (exact) mass is 425 g/mol. The number of nitrogens with one attached hydrogen (secondary N) is 1. The minimum atomic E-state index is -2.30. The Labute approximate surface area is 147 Å². The zero-order valence-corrected chi connectivity index (χ0v) is 18.4. The van der Waals surface area contributed by atoms with Crippen LogP contribution in [0, 0.1) is 5.41 Å². The number of benzene rings is 1. The maximum atomic E-state index is 7.83. The van der Waals surface area contributed by atoms with Crippen LogP contribution in [-0.2, 0) is 4.74 Å². The Hall–Kier alpha value is -0.511. The van der Waals surface area contributed by atoms with Gasteiger partial charge >= 0.3 is 148 Å². The first-order valence-corrected chi connectivity index (χ1v) is 16.8. The number of hydrogen-bond acceptors (Lipinski definition) is 2. The second-order valence-electron chi connectivity index (χ2n) is 6.70. The van der Waals surface area contributed by atoms with Gasteiger partial charge in [-0.05, 0) is 0 Å². The molecular weight excluding hydrogens is 389 g/mol. The molecule has 3 heteroatoms. The van der Waals surface area contributed by atoms with E-state index in [1.807, 2.05) is 0 Å². The van der Waals surface area contributed by atoms with Gasteiger partial charge in [-0.1, -0.05) is 0 Å². The van der Waals surface area contributed by atoms with E-state index in [4.69, 9.17) is 10.1 Å². The molecule has 0 aliphatic heterocycles. The van der Waals surface area contributed by atoms with Crippen molar-refractivity contribution in [3.8, 4) is 0 Å². The zero-order valence-electron chi connectivity index (χ0n) is 15.6. The number of rotatable bonds is 11. The molecule has 0 amide bonds. The van der Waals surface area contributed by atoms with Gasteiger partial charge in [-0.25, -0.2) is 0 Å². The molecule has 0 heterocycles. The Morgan fingerprint density at radius 2 is 1.30 bits per heavy atom. The van der Waals surface area contributed by atoms with E-state index in [2.05, 4.69) is 45.0 Å². The Balaban J connectivity index is 3.09. The average molecular weight is 424 g/mol. The molecule has 2 nitrogen and oxygen atoms in total. The van der Waals surface area contributed by atoms with E-state index in [9.17, 15) is 0 Å². The van der Waals surface area contributed by atoms with E-state index in [-0.39, 0.29) is 5.90 Å². The molecule has 1 N–H and O–H groups in total. The molecule has 0 fully saturated rings. The summed E-state index contributed by atoms with van der Waals surface area (Å²) in [6.07, 6.45) is 8.09. The van der Waals surface area contributed by atoms with Gasteiger partial charge in [0.15, 0.2) is 0 Å². The molecule has 0 bridgehead atoms. The van der Waals surface area contributed by atoms with Crippen molar-refractivity contribution in [3.05, 3.63) is 29.8 Å². The Bertz CT molecular complexity index is 433. The van der Waals surface area contributed by atoms with Gasteiger partial charge in [0.05, 0.1) is 0 Å². The van der Waals surface area contributed by atoms with Crippen LogP contribution in [0.3, 0.4) is 0 Å². The topological polar surface area (TPSA) is 33.1 Å². The van der Waals surface area contributed by atoms with E-state index in [1.165, 1.54) is 51.8 Å². The molecule has 0 radical (unpaired) electrons. The molecule has 0 spiro atoms. The van der Waals surface area contributed by atoms with Crippen molar-refractivity contribution in [1.82, 2.24) is 0 Å². The average Bonchev–Trinajstić information content (AvgIpc) is 2.61. The fourth-order valence-electron chi connectivity index (χ4n) is 3.45. The van der Waals surface area contributed by atoms with Crippen molar-refractivity contribution >= 4 is 27.9 Å². The summed E-state index contributed by atoms with van der Waals surface area (Å²) in [5.74, 6) is 0.271. The van der Waals surface area contributed by atoms with Crippen molar-refractivity contribution in [2.24, 2.45) is 0 Å². The number of ether oxygens (including phenoxy) is 1. The van der Waals surface area contributed by atoms with Crippen LogP contribution in [0.4, 0.5) is 0 Å². The first-order chi connectivity index (χ1) is 11.1. The quantitative estimate of drug-likeness (QED) is 0.275. The molecule has 1 rings (SSSR count). The summed E-state index contributed by atoms with van der Waals surface area (Å²) < 4.78 is 11.2. The van der Waals surface area contributed by atoms with Gasteiger partial charge in [0.1, 0.15) is 0 Å². The van der Waals surface area contributed by atoms with Gasteiger partial charge in [0.25, 0.3) is 0 Å². The van der Waals surface area contributed by atoms with Gasteiger partial charge < -0.3 is 0 Å². The summed E-state index contributed by atoms with van der Waals surface area (Å²) in [5, 5.41) is 7.83. The molecule has 0 aromatic heterocycles. The first kappa shape index (κ1) is 20.5. The molecule has 0 atom stereocenters. The number of unbranched alkanes of at least 4 members (excludes halogenated alkanes) is 3. The van der Waals surface area contributed by atoms with Crippen LogP contribution >= 0.6 is 0 Å². The summed E-state index contributed by atoms with van der Waals surface area (Å²) in [6.45, 7) is 6.96. The number of methoxy groups -OCH3 is 1. The third-order valence-corrected chi connectivity index (χ3v) is 20.7. The van der Waals surface area contributed by atoms with Crippen molar-refractivity contribution in [2.75, 3.05) is 7.11 Å². The molecule has 0 unspecified atom stereocenters.